The van der Waals surface area contributed by atoms with Crippen molar-refractivity contribution in [1.82, 2.24) is 10.2 Å². The summed E-state index contributed by atoms with van der Waals surface area (Å²) in [5.41, 5.74) is 11.5. The third-order valence-corrected chi connectivity index (χ3v) is 2.83. The number of anilines is 1. The first-order valence-corrected chi connectivity index (χ1v) is 5.55. The number of primary amides is 1. The van der Waals surface area contributed by atoms with Crippen LogP contribution in [0.15, 0.2) is 32.7 Å². The fourth-order valence-corrected chi connectivity index (χ4v) is 1.99. The molecular weight excluding hydrogens is 240 g/mol. The summed E-state index contributed by atoms with van der Waals surface area (Å²) in [6.45, 7) is 1.70. The molecule has 1 amide bonds. The fraction of sp³-hybridized carbons (Fsp3) is 0.100. The van der Waals surface area contributed by atoms with Crippen LogP contribution in [0.1, 0.15) is 16.2 Å². The van der Waals surface area contributed by atoms with Gasteiger partial charge in [-0.25, -0.2) is 0 Å². The van der Waals surface area contributed by atoms with Crippen molar-refractivity contribution < 1.29 is 9.21 Å². The average Bonchev–Trinajstić information content (AvgIpc) is 2.66. The summed E-state index contributed by atoms with van der Waals surface area (Å²) in [5.74, 6) is -0.0790. The molecule has 6 nitrogen and oxygen atoms in total. The van der Waals surface area contributed by atoms with Crippen molar-refractivity contribution in [2.45, 2.75) is 17.0 Å². The van der Waals surface area contributed by atoms with Crippen LogP contribution in [-0.2, 0) is 0 Å². The van der Waals surface area contributed by atoms with Crippen molar-refractivity contribution >= 4 is 23.4 Å². The molecule has 0 unspecified atom stereocenters. The number of hydrogen-bond donors (Lipinski definition) is 2. The number of benzene rings is 1. The highest BCUT2D eigenvalue weighted by molar-refractivity contribution is 7.99. The Hall–Kier alpha value is -2.02. The monoisotopic (exact) mass is 250 g/mol. The van der Waals surface area contributed by atoms with E-state index in [2.05, 4.69) is 10.2 Å². The lowest BCUT2D eigenvalue weighted by atomic mass is 10.2. The number of aryl methyl sites for hydroxylation is 1. The lowest BCUT2D eigenvalue weighted by Crippen LogP contribution is -2.13. The van der Waals surface area contributed by atoms with Crippen LogP contribution in [-0.4, -0.2) is 16.1 Å². The number of carbonyl (C=O) groups is 1. The van der Waals surface area contributed by atoms with Gasteiger partial charge in [0.2, 0.25) is 5.89 Å². The van der Waals surface area contributed by atoms with Crippen LogP contribution in [0.5, 0.6) is 0 Å². The summed E-state index contributed by atoms with van der Waals surface area (Å²) in [6.07, 6.45) is 0. The number of hydrogen-bond acceptors (Lipinski definition) is 6. The Bertz CT molecular complexity index is 567. The van der Waals surface area contributed by atoms with Gasteiger partial charge in [0, 0.05) is 17.5 Å². The number of rotatable bonds is 3. The van der Waals surface area contributed by atoms with Gasteiger partial charge in [-0.05, 0) is 30.0 Å². The molecule has 0 aliphatic rings. The van der Waals surface area contributed by atoms with Gasteiger partial charge >= 0.3 is 0 Å². The van der Waals surface area contributed by atoms with Gasteiger partial charge in [0.15, 0.2) is 0 Å². The zero-order valence-electron chi connectivity index (χ0n) is 9.01. The molecule has 0 aliphatic heterocycles. The number of aromatic nitrogens is 2. The zero-order chi connectivity index (χ0) is 12.4. The predicted molar refractivity (Wildman–Crippen MR) is 62.5 cm³/mol. The summed E-state index contributed by atoms with van der Waals surface area (Å²) < 4.78 is 5.21. The number of nitrogen functional groups attached to an aromatic ring is 1. The fourth-order valence-electron chi connectivity index (χ4n) is 1.23. The van der Waals surface area contributed by atoms with Crippen molar-refractivity contribution in [1.29, 1.82) is 0 Å². The van der Waals surface area contributed by atoms with E-state index in [4.69, 9.17) is 15.9 Å². The van der Waals surface area contributed by atoms with Gasteiger partial charge < -0.3 is 15.9 Å². The van der Waals surface area contributed by atoms with Crippen LogP contribution in [0.3, 0.4) is 0 Å². The van der Waals surface area contributed by atoms with Crippen LogP contribution in [0, 0.1) is 6.92 Å². The van der Waals surface area contributed by atoms with Gasteiger partial charge in [0.1, 0.15) is 0 Å². The van der Waals surface area contributed by atoms with Crippen molar-refractivity contribution in [3.05, 3.63) is 29.7 Å². The normalized spacial score (nSPS) is 10.4. The molecule has 2 rings (SSSR count). The highest BCUT2D eigenvalue weighted by atomic mass is 32.2. The second-order valence-corrected chi connectivity index (χ2v) is 4.33. The van der Waals surface area contributed by atoms with Crippen LogP contribution in [0.2, 0.25) is 0 Å². The molecule has 0 saturated heterocycles. The van der Waals surface area contributed by atoms with Crippen LogP contribution in [0.25, 0.3) is 0 Å². The number of nitrogens with two attached hydrogens (primary N) is 2. The van der Waals surface area contributed by atoms with Gasteiger partial charge in [-0.2, -0.15) is 0 Å². The quantitative estimate of drug-likeness (QED) is 0.792. The summed E-state index contributed by atoms with van der Waals surface area (Å²) in [7, 11) is 0. The summed E-state index contributed by atoms with van der Waals surface area (Å²) in [5, 5.41) is 7.95. The Kier molecular flexibility index (Phi) is 3.01. The third kappa shape index (κ3) is 2.56. The molecule has 0 atom stereocenters. The van der Waals surface area contributed by atoms with Gasteiger partial charge in [-0.3, -0.25) is 4.79 Å². The highest BCUT2D eigenvalue weighted by Gasteiger charge is 2.10. The SMILES string of the molecule is Cc1nnc(Sc2ccc(N)c(C(N)=O)c2)o1. The van der Waals surface area contributed by atoms with E-state index in [9.17, 15) is 4.79 Å². The van der Waals surface area contributed by atoms with E-state index < -0.39 is 5.91 Å². The Morgan fingerprint density at radius 1 is 1.41 bits per heavy atom. The molecule has 2 aromatic rings. The molecule has 7 heteroatoms. The van der Waals surface area contributed by atoms with Crippen LogP contribution >= 0.6 is 11.8 Å². The molecule has 0 radical (unpaired) electrons. The Balaban J connectivity index is 2.28. The molecule has 0 saturated carbocycles. The molecule has 4 N–H and O–H groups in total. The summed E-state index contributed by atoms with van der Waals surface area (Å²) in [4.78, 5) is 11.9. The molecule has 1 aromatic heterocycles. The second kappa shape index (κ2) is 4.46. The predicted octanol–water partition coefficient (Wildman–Crippen LogP) is 1.21. The highest BCUT2D eigenvalue weighted by Crippen LogP contribution is 2.28. The van der Waals surface area contributed by atoms with Crippen molar-refractivity contribution in [2.24, 2.45) is 5.73 Å². The molecule has 1 heterocycles. The van der Waals surface area contributed by atoms with Crippen molar-refractivity contribution in [2.75, 3.05) is 5.73 Å². The number of carbonyl (C=O) groups excluding carboxylic acids is 1. The molecule has 17 heavy (non-hydrogen) atoms. The minimum atomic E-state index is -0.563. The largest absolute Gasteiger partial charge is 0.416 e. The smallest absolute Gasteiger partial charge is 0.281 e. The zero-order valence-corrected chi connectivity index (χ0v) is 9.82. The maximum absolute atomic E-state index is 11.1. The first kappa shape index (κ1) is 11.5. The lowest BCUT2D eigenvalue weighted by molar-refractivity contribution is 0.100. The maximum atomic E-state index is 11.1. The van der Waals surface area contributed by atoms with Crippen LogP contribution in [0.4, 0.5) is 5.69 Å². The van der Waals surface area contributed by atoms with Crippen LogP contribution < -0.4 is 11.5 Å². The Morgan fingerprint density at radius 3 is 2.76 bits per heavy atom. The average molecular weight is 250 g/mol. The summed E-state index contributed by atoms with van der Waals surface area (Å²) >= 11 is 1.25. The first-order chi connectivity index (χ1) is 8.06. The molecule has 0 fully saturated rings. The summed E-state index contributed by atoms with van der Waals surface area (Å²) in [6, 6.07) is 4.97. The number of nitrogens with zero attached hydrogens (tertiary/aromatic N) is 2. The van der Waals surface area contributed by atoms with Gasteiger partial charge in [-0.15, -0.1) is 10.2 Å². The van der Waals surface area contributed by atoms with Crippen molar-refractivity contribution in [3.8, 4) is 0 Å². The molecule has 0 spiro atoms. The van der Waals surface area contributed by atoms with E-state index in [-0.39, 0.29) is 5.56 Å². The Morgan fingerprint density at radius 2 is 2.18 bits per heavy atom. The molecule has 0 aliphatic carbocycles. The standard InChI is InChI=1S/C10H10N4O2S/c1-5-13-14-10(16-5)17-6-2-3-8(11)7(4-6)9(12)15/h2-4H,11H2,1H3,(H2,12,15). The molecular formula is C10H10N4O2S. The van der Waals surface area contributed by atoms with E-state index in [1.54, 1.807) is 25.1 Å². The minimum Gasteiger partial charge on any atom is -0.416 e. The first-order valence-electron chi connectivity index (χ1n) is 4.73. The van der Waals surface area contributed by atoms with E-state index in [1.165, 1.54) is 11.8 Å². The second-order valence-electron chi connectivity index (χ2n) is 3.30. The molecule has 0 bridgehead atoms. The lowest BCUT2D eigenvalue weighted by Gasteiger charge is -2.03. The maximum Gasteiger partial charge on any atom is 0.281 e. The topological polar surface area (TPSA) is 108 Å². The molecule has 1 aromatic carbocycles. The number of amides is 1. The van der Waals surface area contributed by atoms with E-state index in [0.29, 0.717) is 16.8 Å². The van der Waals surface area contributed by atoms with E-state index in [1.807, 2.05) is 0 Å². The van der Waals surface area contributed by atoms with Crippen molar-refractivity contribution in [3.63, 3.8) is 0 Å². The van der Waals surface area contributed by atoms with E-state index in [0.717, 1.165) is 4.90 Å². The van der Waals surface area contributed by atoms with Gasteiger partial charge in [0.05, 0.1) is 5.56 Å². The third-order valence-electron chi connectivity index (χ3n) is 2.00. The van der Waals surface area contributed by atoms with Gasteiger partial charge in [0.25, 0.3) is 11.1 Å². The Labute approximate surface area is 101 Å². The van der Waals surface area contributed by atoms with Gasteiger partial charge in [-0.1, -0.05) is 0 Å². The minimum absolute atomic E-state index is 0.284. The molecule has 88 valence electrons. The van der Waals surface area contributed by atoms with E-state index >= 15 is 0 Å².